The van der Waals surface area contributed by atoms with Gasteiger partial charge in [0, 0.05) is 31.5 Å². The first-order valence-corrected chi connectivity index (χ1v) is 8.57. The van der Waals surface area contributed by atoms with Gasteiger partial charge >= 0.3 is 0 Å². The molecule has 1 atom stereocenters. The monoisotopic (exact) mass is 300 g/mol. The van der Waals surface area contributed by atoms with Gasteiger partial charge in [0.1, 0.15) is 0 Å². The van der Waals surface area contributed by atoms with E-state index in [2.05, 4.69) is 26.8 Å². The number of aromatic amines is 1. The van der Waals surface area contributed by atoms with Crippen molar-refractivity contribution in [2.45, 2.75) is 24.8 Å². The first-order valence-electron chi connectivity index (χ1n) is 7.09. The lowest BCUT2D eigenvalue weighted by Gasteiger charge is -2.13. The van der Waals surface area contributed by atoms with Gasteiger partial charge < -0.3 is 15.2 Å². The molecule has 1 aromatic rings. The van der Waals surface area contributed by atoms with Crippen molar-refractivity contribution >= 4 is 10.0 Å². The lowest BCUT2D eigenvalue weighted by molar-refractivity contribution is 0.342. The van der Waals surface area contributed by atoms with Crippen LogP contribution < -0.4 is 10.0 Å². The van der Waals surface area contributed by atoms with Crippen LogP contribution in [0, 0.1) is 5.92 Å². The molecule has 0 aliphatic carbocycles. The summed E-state index contributed by atoms with van der Waals surface area (Å²) < 4.78 is 27.1. The third kappa shape index (κ3) is 3.82. The number of likely N-dealkylation sites (tertiary alicyclic amines) is 1. The van der Waals surface area contributed by atoms with Crippen LogP contribution in [0.2, 0.25) is 0 Å². The first kappa shape index (κ1) is 15.5. The Kier molecular flexibility index (Phi) is 5.20. The van der Waals surface area contributed by atoms with E-state index in [1.165, 1.54) is 0 Å². The van der Waals surface area contributed by atoms with Crippen LogP contribution in [0.15, 0.2) is 17.2 Å². The van der Waals surface area contributed by atoms with Gasteiger partial charge in [0.2, 0.25) is 10.0 Å². The average molecular weight is 300 g/mol. The molecule has 1 aliphatic rings. The summed E-state index contributed by atoms with van der Waals surface area (Å²) in [7, 11) is -1.57. The van der Waals surface area contributed by atoms with E-state index in [-0.39, 0.29) is 0 Å². The summed E-state index contributed by atoms with van der Waals surface area (Å²) in [5.74, 6) is 0.417. The molecule has 0 radical (unpaired) electrons. The molecule has 3 N–H and O–H groups in total. The molecular weight excluding hydrogens is 276 g/mol. The highest BCUT2D eigenvalue weighted by molar-refractivity contribution is 7.89. The van der Waals surface area contributed by atoms with Gasteiger partial charge in [0.05, 0.1) is 4.90 Å². The second-order valence-corrected chi connectivity index (χ2v) is 7.06. The van der Waals surface area contributed by atoms with Crippen molar-refractivity contribution in [2.24, 2.45) is 5.92 Å². The zero-order chi connectivity index (χ0) is 14.6. The molecule has 1 fully saturated rings. The molecule has 0 aromatic carbocycles. The molecule has 20 heavy (non-hydrogen) atoms. The third-order valence-electron chi connectivity index (χ3n) is 3.77. The van der Waals surface area contributed by atoms with E-state index in [0.29, 0.717) is 23.9 Å². The number of aromatic nitrogens is 1. The number of sulfonamides is 1. The van der Waals surface area contributed by atoms with Crippen LogP contribution >= 0.6 is 0 Å². The third-order valence-corrected chi connectivity index (χ3v) is 5.18. The maximum Gasteiger partial charge on any atom is 0.242 e. The van der Waals surface area contributed by atoms with Gasteiger partial charge in [0.25, 0.3) is 0 Å². The van der Waals surface area contributed by atoms with Gasteiger partial charge in [0.15, 0.2) is 0 Å². The summed E-state index contributed by atoms with van der Waals surface area (Å²) in [4.78, 5) is 5.63. The van der Waals surface area contributed by atoms with Crippen LogP contribution in [0.5, 0.6) is 0 Å². The summed E-state index contributed by atoms with van der Waals surface area (Å²) in [6.45, 7) is 6.37. The number of H-pyrrole nitrogens is 1. The molecule has 0 amide bonds. The topological polar surface area (TPSA) is 77.2 Å². The number of nitrogens with zero attached hydrogens (tertiary/aromatic N) is 1. The van der Waals surface area contributed by atoms with Crippen molar-refractivity contribution in [1.82, 2.24) is 19.9 Å². The molecule has 6 nitrogen and oxygen atoms in total. The molecule has 1 unspecified atom stereocenters. The predicted molar refractivity (Wildman–Crippen MR) is 79.0 cm³/mol. The van der Waals surface area contributed by atoms with Crippen molar-refractivity contribution in [1.29, 1.82) is 0 Å². The molecule has 2 heterocycles. The second kappa shape index (κ2) is 6.71. The van der Waals surface area contributed by atoms with Gasteiger partial charge in [-0.15, -0.1) is 0 Å². The standard InChI is InChI=1S/C13H24N4O2S/c1-3-17-5-4-11(10-17)7-16-20(18,19)13-6-12(8-14-2)15-9-13/h6,9,11,14-16H,3-5,7-8,10H2,1-2H3. The van der Waals surface area contributed by atoms with Crippen molar-refractivity contribution in [3.8, 4) is 0 Å². The largest absolute Gasteiger partial charge is 0.363 e. The molecular formula is C13H24N4O2S. The molecule has 0 saturated carbocycles. The second-order valence-electron chi connectivity index (χ2n) is 5.29. The van der Waals surface area contributed by atoms with Crippen LogP contribution in [0.1, 0.15) is 19.0 Å². The van der Waals surface area contributed by atoms with E-state index >= 15 is 0 Å². The van der Waals surface area contributed by atoms with Crippen LogP contribution in [-0.2, 0) is 16.6 Å². The van der Waals surface area contributed by atoms with E-state index in [1.54, 1.807) is 12.3 Å². The van der Waals surface area contributed by atoms with Gasteiger partial charge in [-0.3, -0.25) is 0 Å². The molecule has 114 valence electrons. The molecule has 1 saturated heterocycles. The fourth-order valence-corrected chi connectivity index (χ4v) is 3.68. The number of hydrogen-bond donors (Lipinski definition) is 3. The van der Waals surface area contributed by atoms with Crippen LogP contribution in [0.3, 0.4) is 0 Å². The summed E-state index contributed by atoms with van der Waals surface area (Å²) in [5.41, 5.74) is 0.867. The SMILES string of the molecule is CCN1CCC(CNS(=O)(=O)c2c[nH]c(CNC)c2)C1. The number of rotatable bonds is 7. The Morgan fingerprint density at radius 1 is 1.50 bits per heavy atom. The van der Waals surface area contributed by atoms with Crippen molar-refractivity contribution in [3.63, 3.8) is 0 Å². The van der Waals surface area contributed by atoms with Crippen LogP contribution in [-0.4, -0.2) is 51.5 Å². The minimum Gasteiger partial charge on any atom is -0.363 e. The van der Waals surface area contributed by atoms with E-state index in [0.717, 1.165) is 31.7 Å². The maximum absolute atomic E-state index is 12.2. The molecule has 1 aromatic heterocycles. The highest BCUT2D eigenvalue weighted by Gasteiger charge is 2.23. The summed E-state index contributed by atoms with van der Waals surface area (Å²) >= 11 is 0. The predicted octanol–water partition coefficient (Wildman–Crippen LogP) is 0.354. The van der Waals surface area contributed by atoms with Gasteiger partial charge in [-0.1, -0.05) is 6.92 Å². The zero-order valence-corrected chi connectivity index (χ0v) is 13.0. The van der Waals surface area contributed by atoms with Gasteiger partial charge in [-0.2, -0.15) is 0 Å². The van der Waals surface area contributed by atoms with E-state index in [9.17, 15) is 8.42 Å². The minimum absolute atomic E-state index is 0.313. The smallest absolute Gasteiger partial charge is 0.242 e. The lowest BCUT2D eigenvalue weighted by Crippen LogP contribution is -2.30. The Labute approximate surface area is 121 Å². The molecule has 0 spiro atoms. The van der Waals surface area contributed by atoms with Crippen LogP contribution in [0.4, 0.5) is 0 Å². The Balaban J connectivity index is 1.90. The lowest BCUT2D eigenvalue weighted by atomic mass is 10.1. The summed E-state index contributed by atoms with van der Waals surface area (Å²) in [5, 5.41) is 2.98. The van der Waals surface area contributed by atoms with Gasteiger partial charge in [-0.05, 0) is 38.5 Å². The molecule has 0 bridgehead atoms. The highest BCUT2D eigenvalue weighted by Crippen LogP contribution is 2.16. The fraction of sp³-hybridized carbons (Fsp3) is 0.692. The fourth-order valence-electron chi connectivity index (χ4n) is 2.54. The highest BCUT2D eigenvalue weighted by atomic mass is 32.2. The molecule has 1 aliphatic heterocycles. The van der Waals surface area contributed by atoms with Crippen LogP contribution in [0.25, 0.3) is 0 Å². The van der Waals surface area contributed by atoms with E-state index < -0.39 is 10.0 Å². The normalized spacial score (nSPS) is 20.6. The Morgan fingerprint density at radius 3 is 2.95 bits per heavy atom. The van der Waals surface area contributed by atoms with E-state index in [4.69, 9.17) is 0 Å². The maximum atomic E-state index is 12.2. The number of nitrogens with one attached hydrogen (secondary N) is 3. The first-order chi connectivity index (χ1) is 9.55. The molecule has 2 rings (SSSR count). The molecule has 7 heteroatoms. The quantitative estimate of drug-likeness (QED) is 0.679. The minimum atomic E-state index is -3.40. The van der Waals surface area contributed by atoms with Crippen molar-refractivity contribution in [3.05, 3.63) is 18.0 Å². The van der Waals surface area contributed by atoms with Gasteiger partial charge in [-0.25, -0.2) is 13.1 Å². The summed E-state index contributed by atoms with van der Waals surface area (Å²) in [6.07, 6.45) is 2.61. The van der Waals surface area contributed by atoms with E-state index in [1.807, 2.05) is 7.05 Å². The Bertz CT molecular complexity index is 526. The van der Waals surface area contributed by atoms with Crippen molar-refractivity contribution < 1.29 is 8.42 Å². The average Bonchev–Trinajstić information content (AvgIpc) is 3.06. The Morgan fingerprint density at radius 2 is 2.30 bits per heavy atom. The number of hydrogen-bond acceptors (Lipinski definition) is 4. The summed E-state index contributed by atoms with van der Waals surface area (Å²) in [6, 6.07) is 1.67. The van der Waals surface area contributed by atoms with Crippen molar-refractivity contribution in [2.75, 3.05) is 33.2 Å². The Hall–Kier alpha value is -0.890. The zero-order valence-electron chi connectivity index (χ0n) is 12.1.